The third-order valence-electron chi connectivity index (χ3n) is 3.75. The minimum atomic E-state index is 0.200. The molecule has 18 heavy (non-hydrogen) atoms. The number of methoxy groups -OCH3 is 1. The van der Waals surface area contributed by atoms with Crippen LogP contribution in [0.2, 0.25) is 0 Å². The molecule has 0 aliphatic heterocycles. The third-order valence-corrected chi connectivity index (χ3v) is 3.75. The second-order valence-electron chi connectivity index (χ2n) is 4.83. The minimum Gasteiger partial charge on any atom is -0.504 e. The molecule has 4 nitrogen and oxygen atoms in total. The topological polar surface area (TPSA) is 61.7 Å². The van der Waals surface area contributed by atoms with Gasteiger partial charge < -0.3 is 20.3 Å². The molecule has 1 aromatic carbocycles. The Labute approximate surface area is 108 Å². The first kappa shape index (κ1) is 13.2. The molecule has 1 aromatic rings. The summed E-state index contributed by atoms with van der Waals surface area (Å²) in [6, 6.07) is 5.84. The van der Waals surface area contributed by atoms with Crippen LogP contribution in [0.3, 0.4) is 0 Å². The molecule has 1 aliphatic carbocycles. The normalized spacial score (nSPS) is 23.2. The van der Waals surface area contributed by atoms with Gasteiger partial charge in [-0.05, 0) is 24.8 Å². The second-order valence-corrected chi connectivity index (χ2v) is 4.83. The molecule has 3 N–H and O–H groups in total. The number of hydrogen-bond acceptors (Lipinski definition) is 4. The Kier molecular flexibility index (Phi) is 4.44. The molecule has 2 atom stereocenters. The van der Waals surface area contributed by atoms with Gasteiger partial charge in [-0.2, -0.15) is 0 Å². The highest BCUT2D eigenvalue weighted by Gasteiger charge is 2.26. The number of rotatable bonds is 5. The van der Waals surface area contributed by atoms with Crippen LogP contribution in [0.4, 0.5) is 0 Å². The fourth-order valence-electron chi connectivity index (χ4n) is 2.64. The summed E-state index contributed by atoms with van der Waals surface area (Å²) in [6.45, 7) is 0.839. The molecule has 0 heterocycles. The number of aliphatic hydroxyl groups excluding tert-OH is 1. The van der Waals surface area contributed by atoms with Crippen LogP contribution in [-0.4, -0.2) is 30.0 Å². The summed E-state index contributed by atoms with van der Waals surface area (Å²) in [7, 11) is 1.55. The Morgan fingerprint density at radius 1 is 1.39 bits per heavy atom. The van der Waals surface area contributed by atoms with Crippen molar-refractivity contribution in [1.29, 1.82) is 0 Å². The van der Waals surface area contributed by atoms with Crippen molar-refractivity contribution in [1.82, 2.24) is 5.32 Å². The van der Waals surface area contributed by atoms with Crippen LogP contribution in [0.25, 0.3) is 0 Å². The number of para-hydroxylation sites is 1. The van der Waals surface area contributed by atoms with E-state index in [4.69, 9.17) is 4.74 Å². The van der Waals surface area contributed by atoms with E-state index in [2.05, 4.69) is 5.32 Å². The summed E-state index contributed by atoms with van der Waals surface area (Å²) >= 11 is 0. The van der Waals surface area contributed by atoms with Crippen LogP contribution >= 0.6 is 0 Å². The van der Waals surface area contributed by atoms with Gasteiger partial charge in [-0.3, -0.25) is 0 Å². The summed E-state index contributed by atoms with van der Waals surface area (Å²) in [6.07, 6.45) is 3.33. The van der Waals surface area contributed by atoms with Crippen molar-refractivity contribution < 1.29 is 14.9 Å². The van der Waals surface area contributed by atoms with Crippen molar-refractivity contribution in [2.24, 2.45) is 5.92 Å². The summed E-state index contributed by atoms with van der Waals surface area (Å²) in [5, 5.41) is 22.6. The van der Waals surface area contributed by atoms with Gasteiger partial charge >= 0.3 is 0 Å². The highest BCUT2D eigenvalue weighted by atomic mass is 16.5. The van der Waals surface area contributed by atoms with Gasteiger partial charge in [0.15, 0.2) is 11.5 Å². The lowest BCUT2D eigenvalue weighted by molar-refractivity contribution is 0.205. The van der Waals surface area contributed by atoms with Crippen LogP contribution in [0, 0.1) is 5.92 Å². The van der Waals surface area contributed by atoms with Gasteiger partial charge in [0.05, 0.1) is 7.11 Å². The van der Waals surface area contributed by atoms with Crippen LogP contribution in [0.1, 0.15) is 24.8 Å². The predicted octanol–water partition coefficient (Wildman–Crippen LogP) is 1.65. The fraction of sp³-hybridized carbons (Fsp3) is 0.571. The molecule has 0 amide bonds. The maximum atomic E-state index is 9.97. The van der Waals surface area contributed by atoms with Crippen molar-refractivity contribution >= 4 is 0 Å². The molecular weight excluding hydrogens is 230 g/mol. The van der Waals surface area contributed by atoms with Crippen LogP contribution in [-0.2, 0) is 6.54 Å². The van der Waals surface area contributed by atoms with Crippen molar-refractivity contribution in [3.8, 4) is 11.5 Å². The quantitative estimate of drug-likeness (QED) is 0.744. The Morgan fingerprint density at radius 2 is 2.22 bits per heavy atom. The van der Waals surface area contributed by atoms with Gasteiger partial charge in [0.2, 0.25) is 0 Å². The Hall–Kier alpha value is -1.26. The second kappa shape index (κ2) is 6.07. The molecule has 100 valence electrons. The number of aliphatic hydroxyl groups is 1. The van der Waals surface area contributed by atoms with Crippen LogP contribution in [0.15, 0.2) is 18.2 Å². The summed E-state index contributed by atoms with van der Waals surface area (Å²) in [5.74, 6) is 1.04. The van der Waals surface area contributed by atoms with Gasteiger partial charge in [-0.25, -0.2) is 0 Å². The maximum absolute atomic E-state index is 9.97. The number of phenols is 1. The molecule has 1 saturated carbocycles. The van der Waals surface area contributed by atoms with Crippen molar-refractivity contribution in [2.75, 3.05) is 13.7 Å². The largest absolute Gasteiger partial charge is 0.504 e. The van der Waals surface area contributed by atoms with Gasteiger partial charge in [0.25, 0.3) is 0 Å². The SMILES string of the molecule is COc1cccc(CNC2CCCC2CO)c1O. The molecule has 2 rings (SSSR count). The zero-order valence-corrected chi connectivity index (χ0v) is 10.7. The summed E-state index contributed by atoms with van der Waals surface area (Å²) < 4.78 is 5.08. The van der Waals surface area contributed by atoms with Crippen molar-refractivity contribution in [3.63, 3.8) is 0 Å². The standard InChI is InChI=1S/C14H21NO3/c1-18-13-7-3-4-10(14(13)17)8-15-12-6-2-5-11(12)9-16/h3-4,7,11-12,15-17H,2,5-6,8-9H2,1H3. The van der Waals surface area contributed by atoms with E-state index in [9.17, 15) is 10.2 Å². The lowest BCUT2D eigenvalue weighted by atomic mass is 10.0. The number of hydrogen-bond donors (Lipinski definition) is 3. The van der Waals surface area contributed by atoms with Crippen LogP contribution < -0.4 is 10.1 Å². The van der Waals surface area contributed by atoms with Gasteiger partial charge in [0, 0.05) is 24.8 Å². The average Bonchev–Trinajstić information content (AvgIpc) is 2.85. The van der Waals surface area contributed by atoms with E-state index in [-0.39, 0.29) is 12.4 Å². The highest BCUT2D eigenvalue weighted by Crippen LogP contribution is 2.30. The van der Waals surface area contributed by atoms with Gasteiger partial charge in [-0.15, -0.1) is 0 Å². The lowest BCUT2D eigenvalue weighted by Gasteiger charge is -2.19. The molecule has 0 spiro atoms. The van der Waals surface area contributed by atoms with E-state index in [1.54, 1.807) is 13.2 Å². The zero-order chi connectivity index (χ0) is 13.0. The molecule has 0 saturated heterocycles. The van der Waals surface area contributed by atoms with Gasteiger partial charge in [-0.1, -0.05) is 18.6 Å². The fourth-order valence-corrected chi connectivity index (χ4v) is 2.64. The monoisotopic (exact) mass is 251 g/mol. The van der Waals surface area contributed by atoms with E-state index >= 15 is 0 Å². The summed E-state index contributed by atoms with van der Waals surface area (Å²) in [5.41, 5.74) is 0.831. The van der Waals surface area contributed by atoms with Gasteiger partial charge in [0.1, 0.15) is 0 Å². The molecule has 1 fully saturated rings. The molecule has 0 bridgehead atoms. The number of ether oxygens (including phenoxy) is 1. The Bertz CT molecular complexity index is 395. The predicted molar refractivity (Wildman–Crippen MR) is 69.7 cm³/mol. The Morgan fingerprint density at radius 3 is 2.94 bits per heavy atom. The van der Waals surface area contributed by atoms with Crippen LogP contribution in [0.5, 0.6) is 11.5 Å². The maximum Gasteiger partial charge on any atom is 0.162 e. The molecular formula is C14H21NO3. The smallest absolute Gasteiger partial charge is 0.162 e. The molecule has 0 aromatic heterocycles. The first-order valence-electron chi connectivity index (χ1n) is 6.45. The lowest BCUT2D eigenvalue weighted by Crippen LogP contribution is -2.33. The highest BCUT2D eigenvalue weighted by molar-refractivity contribution is 5.45. The number of phenolic OH excluding ortho intramolecular Hbond substituents is 1. The van der Waals surface area contributed by atoms with E-state index in [1.807, 2.05) is 12.1 Å². The molecule has 0 radical (unpaired) electrons. The first-order valence-corrected chi connectivity index (χ1v) is 6.45. The number of aromatic hydroxyl groups is 1. The first-order chi connectivity index (χ1) is 8.76. The van der Waals surface area contributed by atoms with E-state index in [0.717, 1.165) is 24.8 Å². The molecule has 1 aliphatic rings. The zero-order valence-electron chi connectivity index (χ0n) is 10.7. The van der Waals surface area contributed by atoms with Crippen molar-refractivity contribution in [2.45, 2.75) is 31.8 Å². The Balaban J connectivity index is 1.98. The van der Waals surface area contributed by atoms with E-state index in [1.165, 1.54) is 0 Å². The molecule has 2 unspecified atom stereocenters. The third kappa shape index (κ3) is 2.76. The number of nitrogens with one attached hydrogen (secondary N) is 1. The minimum absolute atomic E-state index is 0.200. The molecule has 4 heteroatoms. The van der Waals surface area contributed by atoms with E-state index in [0.29, 0.717) is 24.3 Å². The van der Waals surface area contributed by atoms with E-state index < -0.39 is 0 Å². The van der Waals surface area contributed by atoms with Crippen molar-refractivity contribution in [3.05, 3.63) is 23.8 Å². The number of benzene rings is 1. The average molecular weight is 251 g/mol. The summed E-state index contributed by atoms with van der Waals surface area (Å²) in [4.78, 5) is 0.